The van der Waals surface area contributed by atoms with E-state index in [2.05, 4.69) is 20.3 Å². The topological polar surface area (TPSA) is 91.2 Å². The molecule has 2 N–H and O–H groups in total. The van der Waals surface area contributed by atoms with Crippen LogP contribution in [0.25, 0.3) is 0 Å². The van der Waals surface area contributed by atoms with Gasteiger partial charge in [-0.05, 0) is 36.4 Å². The normalized spacial score (nSPS) is 13.3. The highest BCUT2D eigenvalue weighted by Gasteiger charge is 2.30. The van der Waals surface area contributed by atoms with Crippen molar-refractivity contribution in [1.29, 1.82) is 0 Å². The number of amides is 1. The average molecular weight is 433 g/mol. The van der Waals surface area contributed by atoms with Gasteiger partial charge >= 0.3 is 6.18 Å². The molecule has 0 saturated heterocycles. The molecule has 1 aromatic carbocycles. The van der Waals surface area contributed by atoms with Gasteiger partial charge in [-0.2, -0.15) is 13.2 Å². The molecule has 2 aromatic heterocycles. The molecule has 1 aliphatic heterocycles. The molecule has 3 aromatic rings. The van der Waals surface area contributed by atoms with Gasteiger partial charge in [-0.3, -0.25) is 9.78 Å². The molecule has 0 bridgehead atoms. The van der Waals surface area contributed by atoms with Crippen LogP contribution in [-0.4, -0.2) is 25.4 Å². The summed E-state index contributed by atoms with van der Waals surface area (Å²) in [5.74, 6) is -0.535. The van der Waals surface area contributed by atoms with Crippen LogP contribution in [-0.2, 0) is 19.3 Å². The van der Waals surface area contributed by atoms with Crippen molar-refractivity contribution in [1.82, 2.24) is 15.0 Å². The molecule has 30 heavy (non-hydrogen) atoms. The molecule has 1 aliphatic rings. The van der Waals surface area contributed by atoms with Crippen LogP contribution in [0.4, 0.5) is 24.5 Å². The van der Waals surface area contributed by atoms with Crippen molar-refractivity contribution in [2.75, 3.05) is 10.2 Å². The summed E-state index contributed by atoms with van der Waals surface area (Å²) in [4.78, 5) is 26.8. The van der Waals surface area contributed by atoms with Gasteiger partial charge in [0.15, 0.2) is 0 Å². The summed E-state index contributed by atoms with van der Waals surface area (Å²) in [6.07, 6.45) is -1.30. The summed E-state index contributed by atoms with van der Waals surface area (Å²) in [6.45, 7) is 1.02. The number of alkyl halides is 3. The van der Waals surface area contributed by atoms with Crippen molar-refractivity contribution in [3.63, 3.8) is 0 Å². The second kappa shape index (κ2) is 7.92. The van der Waals surface area contributed by atoms with Gasteiger partial charge in [0, 0.05) is 35.9 Å². The number of benzene rings is 1. The van der Waals surface area contributed by atoms with Crippen LogP contribution < -0.4 is 10.2 Å². The number of fused-ring (bicyclic) bond motifs is 1. The fourth-order valence-electron chi connectivity index (χ4n) is 3.04. The second-order valence-corrected chi connectivity index (χ2v) is 7.05. The lowest BCUT2D eigenvalue weighted by Crippen LogP contribution is -2.18. The van der Waals surface area contributed by atoms with E-state index in [1.54, 1.807) is 18.3 Å². The summed E-state index contributed by atoms with van der Waals surface area (Å²) in [5.41, 5.74) is 2.01. The van der Waals surface area contributed by atoms with Crippen molar-refractivity contribution in [3.05, 3.63) is 71.3 Å². The third kappa shape index (κ3) is 4.21. The van der Waals surface area contributed by atoms with Gasteiger partial charge in [-0.25, -0.2) is 9.97 Å². The number of hydrogen-bond donors (Lipinski definition) is 2. The minimum Gasteiger partial charge on any atom is -0.361 e. The molecule has 1 amide bonds. The molecule has 154 valence electrons. The smallest absolute Gasteiger partial charge is 0.361 e. The molecule has 0 fully saturated rings. The largest absolute Gasteiger partial charge is 0.416 e. The van der Waals surface area contributed by atoms with Gasteiger partial charge in [0.05, 0.1) is 29.8 Å². The lowest BCUT2D eigenvalue weighted by atomic mass is 10.2. The van der Waals surface area contributed by atoms with Gasteiger partial charge in [0.2, 0.25) is 5.16 Å². The van der Waals surface area contributed by atoms with Crippen LogP contribution in [0.2, 0.25) is 0 Å². The molecule has 11 heteroatoms. The summed E-state index contributed by atoms with van der Waals surface area (Å²) in [5, 5.41) is 2.81. The van der Waals surface area contributed by atoms with E-state index in [4.69, 9.17) is 4.55 Å². The number of anilines is 2. The van der Waals surface area contributed by atoms with E-state index >= 15 is 0 Å². The fraction of sp³-hybridized carbons (Fsp3) is 0.158. The maximum atomic E-state index is 12.7. The number of aromatic nitrogens is 3. The molecule has 4 rings (SSSR count). The predicted octanol–water partition coefficient (Wildman–Crippen LogP) is 4.23. The first-order valence-electron chi connectivity index (χ1n) is 8.69. The maximum absolute atomic E-state index is 12.7. The Morgan fingerprint density at radius 1 is 1.13 bits per heavy atom. The number of nitrogens with one attached hydrogen (secondary N) is 1. The van der Waals surface area contributed by atoms with E-state index in [1.165, 1.54) is 18.3 Å². The Kier molecular flexibility index (Phi) is 5.31. The SMILES string of the molecule is O=C(Nc1ccc(C(F)(F)F)cc1)c1cc(N2Cc3cnc(SO)nc3C2)ccn1. The number of nitrogens with zero attached hydrogens (tertiary/aromatic N) is 4. The van der Waals surface area contributed by atoms with Crippen molar-refractivity contribution in [2.24, 2.45) is 0 Å². The molecular formula is C19H14F3N5O2S. The number of rotatable bonds is 4. The van der Waals surface area contributed by atoms with Gasteiger partial charge in [-0.1, -0.05) is 0 Å². The van der Waals surface area contributed by atoms with E-state index in [9.17, 15) is 18.0 Å². The molecule has 0 spiro atoms. The van der Waals surface area contributed by atoms with Gasteiger partial charge in [0.1, 0.15) is 5.69 Å². The van der Waals surface area contributed by atoms with Gasteiger partial charge in [-0.15, -0.1) is 0 Å². The van der Waals surface area contributed by atoms with Crippen LogP contribution in [0.1, 0.15) is 27.3 Å². The Balaban J connectivity index is 1.47. The molecule has 0 saturated carbocycles. The first-order valence-corrected chi connectivity index (χ1v) is 9.46. The Bertz CT molecular complexity index is 1090. The molecule has 0 unspecified atom stereocenters. The van der Waals surface area contributed by atoms with Crippen molar-refractivity contribution in [3.8, 4) is 0 Å². The quantitative estimate of drug-likeness (QED) is 0.470. The zero-order chi connectivity index (χ0) is 21.3. The van der Waals surface area contributed by atoms with E-state index in [-0.39, 0.29) is 16.5 Å². The Hall–Kier alpha value is -3.18. The molecule has 3 heterocycles. The highest BCUT2D eigenvalue weighted by Crippen LogP contribution is 2.30. The van der Waals surface area contributed by atoms with Crippen molar-refractivity contribution < 1.29 is 22.5 Å². The van der Waals surface area contributed by atoms with E-state index < -0.39 is 17.6 Å². The molecule has 7 nitrogen and oxygen atoms in total. The number of halogens is 3. The van der Waals surface area contributed by atoms with Crippen LogP contribution in [0.15, 0.2) is 53.9 Å². The average Bonchev–Trinajstić information content (AvgIpc) is 3.17. The lowest BCUT2D eigenvalue weighted by Gasteiger charge is -2.17. The second-order valence-electron chi connectivity index (χ2n) is 6.50. The Labute approximate surface area is 173 Å². The standard InChI is InChI=1S/C19H14F3N5O2S/c20-19(21,22)12-1-3-13(4-2-12)25-17(28)15-7-14(5-6-23-15)27-9-11-8-24-18(30-29)26-16(11)10-27/h1-8,29H,9-10H2,(H,25,28). The Morgan fingerprint density at radius 3 is 2.60 bits per heavy atom. The van der Waals surface area contributed by atoms with Crippen LogP contribution in [0, 0.1) is 0 Å². The first kappa shape index (κ1) is 20.1. The molecule has 0 atom stereocenters. The Morgan fingerprint density at radius 2 is 1.90 bits per heavy atom. The third-order valence-corrected chi connectivity index (χ3v) is 4.89. The van der Waals surface area contributed by atoms with Crippen molar-refractivity contribution >= 4 is 29.3 Å². The van der Waals surface area contributed by atoms with Crippen molar-refractivity contribution in [2.45, 2.75) is 24.4 Å². The van der Waals surface area contributed by atoms with E-state index in [1.807, 2.05) is 4.90 Å². The zero-order valence-electron chi connectivity index (χ0n) is 15.2. The highest BCUT2D eigenvalue weighted by molar-refractivity contribution is 7.93. The van der Waals surface area contributed by atoms with Crippen LogP contribution in [0.3, 0.4) is 0 Å². The number of hydrogen-bond acceptors (Lipinski definition) is 7. The van der Waals surface area contributed by atoms with Gasteiger partial charge < -0.3 is 14.8 Å². The van der Waals surface area contributed by atoms with Gasteiger partial charge in [0.25, 0.3) is 5.91 Å². The van der Waals surface area contributed by atoms with E-state index in [0.29, 0.717) is 25.1 Å². The predicted molar refractivity (Wildman–Crippen MR) is 104 cm³/mol. The molecule has 0 radical (unpaired) electrons. The molecule has 0 aliphatic carbocycles. The third-order valence-electron chi connectivity index (χ3n) is 4.53. The number of pyridine rings is 1. The molecular weight excluding hydrogens is 419 g/mol. The maximum Gasteiger partial charge on any atom is 0.416 e. The monoisotopic (exact) mass is 433 g/mol. The lowest BCUT2D eigenvalue weighted by molar-refractivity contribution is -0.137. The fourth-order valence-corrected chi connectivity index (χ4v) is 3.29. The van der Waals surface area contributed by atoms with Crippen LogP contribution in [0.5, 0.6) is 0 Å². The summed E-state index contributed by atoms with van der Waals surface area (Å²) in [7, 11) is 0. The summed E-state index contributed by atoms with van der Waals surface area (Å²) >= 11 is 0.475. The summed E-state index contributed by atoms with van der Waals surface area (Å²) < 4.78 is 47.1. The first-order chi connectivity index (χ1) is 14.3. The highest BCUT2D eigenvalue weighted by atomic mass is 32.2. The number of carbonyl (C=O) groups excluding carboxylic acids is 1. The number of carbonyl (C=O) groups is 1. The minimum absolute atomic E-state index is 0.126. The zero-order valence-corrected chi connectivity index (χ0v) is 16.0. The summed E-state index contributed by atoms with van der Waals surface area (Å²) in [6, 6.07) is 7.53. The van der Waals surface area contributed by atoms with Crippen LogP contribution >= 0.6 is 12.0 Å². The van der Waals surface area contributed by atoms with E-state index in [0.717, 1.165) is 29.1 Å². The minimum atomic E-state index is -4.44.